The standard InChI is InChI=1S/C24H27N3O5/c1-31-20-13-18(24(30)27-11-3-4-12-27)19(14-21(20)32-2)26-23(29)16-7-9-17(10-8-16)25-22(28)15-5-6-15/h7-10,13-15H,3-6,11-12H2,1-2H3,(H,25,28)(H,26,29). The average Bonchev–Trinajstić information content (AvgIpc) is 3.53. The van der Waals surface area contributed by atoms with Crippen molar-refractivity contribution in [3.63, 3.8) is 0 Å². The summed E-state index contributed by atoms with van der Waals surface area (Å²) >= 11 is 0. The van der Waals surface area contributed by atoms with Crippen LogP contribution in [0.15, 0.2) is 36.4 Å². The maximum Gasteiger partial charge on any atom is 0.256 e. The summed E-state index contributed by atoms with van der Waals surface area (Å²) in [6.07, 6.45) is 3.78. The average molecular weight is 437 g/mol. The molecule has 1 aliphatic heterocycles. The second-order valence-corrected chi connectivity index (χ2v) is 8.05. The zero-order valence-electron chi connectivity index (χ0n) is 18.3. The number of ether oxygens (including phenoxy) is 2. The summed E-state index contributed by atoms with van der Waals surface area (Å²) in [6.45, 7) is 1.38. The summed E-state index contributed by atoms with van der Waals surface area (Å²) in [5.41, 5.74) is 1.76. The Morgan fingerprint density at radius 3 is 2.12 bits per heavy atom. The van der Waals surface area contributed by atoms with E-state index in [-0.39, 0.29) is 23.6 Å². The molecule has 1 saturated carbocycles. The van der Waals surface area contributed by atoms with Gasteiger partial charge in [-0.25, -0.2) is 0 Å². The lowest BCUT2D eigenvalue weighted by Crippen LogP contribution is -2.29. The van der Waals surface area contributed by atoms with Gasteiger partial charge in [0.25, 0.3) is 11.8 Å². The second kappa shape index (κ2) is 9.30. The van der Waals surface area contributed by atoms with Crippen molar-refractivity contribution in [3.8, 4) is 11.5 Å². The Morgan fingerprint density at radius 1 is 0.906 bits per heavy atom. The van der Waals surface area contributed by atoms with E-state index in [9.17, 15) is 14.4 Å². The van der Waals surface area contributed by atoms with Crippen molar-refractivity contribution in [3.05, 3.63) is 47.5 Å². The van der Waals surface area contributed by atoms with Crippen molar-refractivity contribution in [2.75, 3.05) is 37.9 Å². The molecular weight excluding hydrogens is 410 g/mol. The van der Waals surface area contributed by atoms with Gasteiger partial charge in [0.1, 0.15) is 0 Å². The first-order chi connectivity index (χ1) is 15.5. The number of likely N-dealkylation sites (tertiary alicyclic amines) is 1. The summed E-state index contributed by atoms with van der Waals surface area (Å²) in [6, 6.07) is 9.87. The predicted molar refractivity (Wildman–Crippen MR) is 120 cm³/mol. The van der Waals surface area contributed by atoms with Crippen LogP contribution in [0.5, 0.6) is 11.5 Å². The van der Waals surface area contributed by atoms with Crippen molar-refractivity contribution in [1.29, 1.82) is 0 Å². The molecule has 1 aliphatic carbocycles. The number of nitrogens with one attached hydrogen (secondary N) is 2. The lowest BCUT2D eigenvalue weighted by atomic mass is 10.1. The third-order valence-electron chi connectivity index (χ3n) is 5.76. The maximum absolute atomic E-state index is 13.1. The van der Waals surface area contributed by atoms with Crippen molar-refractivity contribution in [2.24, 2.45) is 5.92 Å². The molecule has 3 amide bonds. The fraction of sp³-hybridized carbons (Fsp3) is 0.375. The zero-order valence-corrected chi connectivity index (χ0v) is 18.3. The summed E-state index contributed by atoms with van der Waals surface area (Å²) < 4.78 is 10.7. The summed E-state index contributed by atoms with van der Waals surface area (Å²) in [7, 11) is 3.00. The van der Waals surface area contributed by atoms with Crippen LogP contribution in [0.2, 0.25) is 0 Å². The Bertz CT molecular complexity index is 1020. The van der Waals surface area contributed by atoms with Crippen molar-refractivity contribution in [2.45, 2.75) is 25.7 Å². The van der Waals surface area contributed by atoms with Gasteiger partial charge < -0.3 is 25.0 Å². The fourth-order valence-electron chi connectivity index (χ4n) is 3.74. The van der Waals surface area contributed by atoms with Crippen LogP contribution in [-0.4, -0.2) is 49.9 Å². The molecule has 168 valence electrons. The Labute approximate surface area is 186 Å². The Balaban J connectivity index is 1.55. The van der Waals surface area contributed by atoms with E-state index in [4.69, 9.17) is 9.47 Å². The van der Waals surface area contributed by atoms with Crippen molar-refractivity contribution in [1.82, 2.24) is 4.90 Å². The van der Waals surface area contributed by atoms with Crippen LogP contribution in [0.4, 0.5) is 11.4 Å². The van der Waals surface area contributed by atoms with E-state index < -0.39 is 0 Å². The van der Waals surface area contributed by atoms with Gasteiger partial charge in [-0.05, 0) is 56.0 Å². The Kier molecular flexibility index (Phi) is 6.30. The lowest BCUT2D eigenvalue weighted by Gasteiger charge is -2.20. The number of nitrogens with zero attached hydrogens (tertiary/aromatic N) is 1. The SMILES string of the molecule is COc1cc(NC(=O)c2ccc(NC(=O)C3CC3)cc2)c(C(=O)N2CCCC2)cc1OC. The highest BCUT2D eigenvalue weighted by Gasteiger charge is 2.29. The van der Waals surface area contributed by atoms with E-state index in [1.165, 1.54) is 14.2 Å². The van der Waals surface area contributed by atoms with E-state index >= 15 is 0 Å². The van der Waals surface area contributed by atoms with Crippen LogP contribution in [0.1, 0.15) is 46.4 Å². The second-order valence-electron chi connectivity index (χ2n) is 8.05. The van der Waals surface area contributed by atoms with Crippen LogP contribution in [-0.2, 0) is 4.79 Å². The molecule has 0 aromatic heterocycles. The van der Waals surface area contributed by atoms with Crippen molar-refractivity contribution < 1.29 is 23.9 Å². The molecule has 2 N–H and O–H groups in total. The topological polar surface area (TPSA) is 97.0 Å². The van der Waals surface area contributed by atoms with Gasteiger partial charge in [0.05, 0.1) is 25.5 Å². The van der Waals surface area contributed by atoms with E-state index in [2.05, 4.69) is 10.6 Å². The highest BCUT2D eigenvalue weighted by Crippen LogP contribution is 2.35. The first kappa shape index (κ1) is 21.7. The molecule has 2 aromatic carbocycles. The molecular formula is C24H27N3O5. The number of carbonyl (C=O) groups excluding carboxylic acids is 3. The van der Waals surface area contributed by atoms with Crippen molar-refractivity contribution >= 4 is 29.1 Å². The van der Waals surface area contributed by atoms with Gasteiger partial charge in [0.15, 0.2) is 11.5 Å². The smallest absolute Gasteiger partial charge is 0.256 e. The van der Waals surface area contributed by atoms with Gasteiger partial charge in [-0.2, -0.15) is 0 Å². The maximum atomic E-state index is 13.1. The normalized spacial score (nSPS) is 15.2. The lowest BCUT2D eigenvalue weighted by molar-refractivity contribution is -0.117. The van der Waals surface area contributed by atoms with Crippen LogP contribution in [0, 0.1) is 5.92 Å². The first-order valence-electron chi connectivity index (χ1n) is 10.8. The highest BCUT2D eigenvalue weighted by atomic mass is 16.5. The van der Waals surface area contributed by atoms with Gasteiger partial charge in [0.2, 0.25) is 5.91 Å². The number of carbonyl (C=O) groups is 3. The number of benzene rings is 2. The number of anilines is 2. The molecule has 4 rings (SSSR count). The quantitative estimate of drug-likeness (QED) is 0.691. The van der Waals surface area contributed by atoms with Crippen LogP contribution < -0.4 is 20.1 Å². The minimum atomic E-state index is -0.368. The van der Waals surface area contributed by atoms with E-state index in [1.807, 2.05) is 0 Å². The molecule has 0 atom stereocenters. The molecule has 0 radical (unpaired) electrons. The molecule has 2 aromatic rings. The fourth-order valence-corrected chi connectivity index (χ4v) is 3.74. The van der Waals surface area contributed by atoms with Gasteiger partial charge in [-0.3, -0.25) is 14.4 Å². The molecule has 1 saturated heterocycles. The minimum absolute atomic E-state index is 0.0117. The van der Waals surface area contributed by atoms with E-state index in [0.29, 0.717) is 47.1 Å². The summed E-state index contributed by atoms with van der Waals surface area (Å²) in [4.78, 5) is 39.7. The molecule has 8 nitrogen and oxygen atoms in total. The number of amides is 3. The Morgan fingerprint density at radius 2 is 1.53 bits per heavy atom. The van der Waals surface area contributed by atoms with Gasteiger partial charge >= 0.3 is 0 Å². The van der Waals surface area contributed by atoms with Gasteiger partial charge in [-0.1, -0.05) is 0 Å². The van der Waals surface area contributed by atoms with Gasteiger partial charge in [0, 0.05) is 36.3 Å². The third kappa shape index (κ3) is 4.69. The largest absolute Gasteiger partial charge is 0.493 e. The molecule has 0 unspecified atom stereocenters. The molecule has 8 heteroatoms. The number of methoxy groups -OCH3 is 2. The van der Waals surface area contributed by atoms with E-state index in [0.717, 1.165) is 25.7 Å². The number of hydrogen-bond donors (Lipinski definition) is 2. The van der Waals surface area contributed by atoms with E-state index in [1.54, 1.807) is 41.3 Å². The zero-order chi connectivity index (χ0) is 22.7. The molecule has 0 spiro atoms. The molecule has 2 aliphatic rings. The third-order valence-corrected chi connectivity index (χ3v) is 5.76. The molecule has 32 heavy (non-hydrogen) atoms. The van der Waals surface area contributed by atoms with Crippen LogP contribution >= 0.6 is 0 Å². The first-order valence-corrected chi connectivity index (χ1v) is 10.8. The predicted octanol–water partition coefficient (Wildman–Crippen LogP) is 3.54. The summed E-state index contributed by atoms with van der Waals surface area (Å²) in [5.74, 6) is 0.430. The molecule has 0 bridgehead atoms. The monoisotopic (exact) mass is 437 g/mol. The number of hydrogen-bond acceptors (Lipinski definition) is 5. The minimum Gasteiger partial charge on any atom is -0.493 e. The van der Waals surface area contributed by atoms with Crippen LogP contribution in [0.25, 0.3) is 0 Å². The number of rotatable bonds is 7. The summed E-state index contributed by atoms with van der Waals surface area (Å²) in [5, 5.41) is 5.69. The highest BCUT2D eigenvalue weighted by molar-refractivity contribution is 6.09. The Hall–Kier alpha value is -3.55. The molecule has 2 fully saturated rings. The molecule has 1 heterocycles. The van der Waals surface area contributed by atoms with Crippen LogP contribution in [0.3, 0.4) is 0 Å². The van der Waals surface area contributed by atoms with Gasteiger partial charge in [-0.15, -0.1) is 0 Å².